The maximum atomic E-state index is 11.7. The van der Waals surface area contributed by atoms with E-state index in [1.165, 1.54) is 109 Å². The van der Waals surface area contributed by atoms with Crippen LogP contribution in [-0.4, -0.2) is 45.4 Å². The van der Waals surface area contributed by atoms with Gasteiger partial charge < -0.3 is 18.4 Å². The van der Waals surface area contributed by atoms with Crippen molar-refractivity contribution in [1.82, 2.24) is 0 Å². The van der Waals surface area contributed by atoms with Crippen molar-refractivity contribution in [1.29, 1.82) is 0 Å². The molecule has 200 valence electrons. The minimum absolute atomic E-state index is 0.170. The highest BCUT2D eigenvalue weighted by Gasteiger charge is 2.12. The Balaban J connectivity index is 3.23. The average Bonchev–Trinajstić information content (AvgIpc) is 2.73. The Bertz CT molecular complexity index is 454. The molecule has 0 saturated carbocycles. The van der Waals surface area contributed by atoms with Crippen molar-refractivity contribution in [2.75, 3.05) is 40.9 Å². The Labute approximate surface area is 207 Å². The second kappa shape index (κ2) is 22.5. The summed E-state index contributed by atoms with van der Waals surface area (Å²) in [5.74, 6) is 0. The van der Waals surface area contributed by atoms with E-state index in [0.717, 1.165) is 19.3 Å². The molecule has 0 aromatic heterocycles. The van der Waals surface area contributed by atoms with Crippen LogP contribution < -0.4 is 4.89 Å². The van der Waals surface area contributed by atoms with E-state index < -0.39 is 7.82 Å². The van der Waals surface area contributed by atoms with Gasteiger partial charge in [0.15, 0.2) is 0 Å². The Hall–Kier alpha value is 0.0700. The van der Waals surface area contributed by atoms with E-state index in [9.17, 15) is 9.46 Å². The zero-order chi connectivity index (χ0) is 24.7. The lowest BCUT2D eigenvalue weighted by atomic mass is 10.0. The summed E-state index contributed by atoms with van der Waals surface area (Å²) in [7, 11) is 1.86. The molecule has 0 aliphatic heterocycles. The van der Waals surface area contributed by atoms with Crippen LogP contribution in [0.25, 0.3) is 0 Å². The minimum atomic E-state index is -4.13. The Morgan fingerprint density at radius 2 is 0.848 bits per heavy atom. The van der Waals surface area contributed by atoms with Crippen LogP contribution in [0.4, 0.5) is 0 Å². The molecule has 0 amide bonds. The summed E-state index contributed by atoms with van der Waals surface area (Å²) >= 11 is 0. The summed E-state index contributed by atoms with van der Waals surface area (Å²) in [5.41, 5.74) is 0. The molecule has 1 atom stereocenters. The van der Waals surface area contributed by atoms with Gasteiger partial charge in [-0.3, -0.25) is 4.57 Å². The largest absolute Gasteiger partial charge is 0.756 e. The molecule has 0 N–H and O–H groups in total. The molecule has 0 aromatic rings. The van der Waals surface area contributed by atoms with Crippen molar-refractivity contribution in [3.63, 3.8) is 0 Å². The van der Waals surface area contributed by atoms with Gasteiger partial charge in [0.25, 0.3) is 7.82 Å². The molecular formula is C27H58NO4P. The van der Waals surface area contributed by atoms with Crippen LogP contribution in [0, 0.1) is 0 Å². The van der Waals surface area contributed by atoms with E-state index in [1.807, 2.05) is 21.1 Å². The molecular weight excluding hydrogens is 433 g/mol. The molecule has 0 aromatic carbocycles. The van der Waals surface area contributed by atoms with Gasteiger partial charge >= 0.3 is 0 Å². The van der Waals surface area contributed by atoms with E-state index in [2.05, 4.69) is 6.92 Å². The summed E-state index contributed by atoms with van der Waals surface area (Å²) in [6.07, 6.45) is 26.7. The van der Waals surface area contributed by atoms with Gasteiger partial charge in [0.1, 0.15) is 13.2 Å². The molecule has 0 heterocycles. The topological polar surface area (TPSA) is 58.6 Å². The first-order chi connectivity index (χ1) is 15.8. The summed E-state index contributed by atoms with van der Waals surface area (Å²) < 4.78 is 22.2. The second-order valence-corrected chi connectivity index (χ2v) is 12.3. The van der Waals surface area contributed by atoms with Gasteiger partial charge in [0.2, 0.25) is 0 Å². The zero-order valence-electron chi connectivity index (χ0n) is 22.8. The van der Waals surface area contributed by atoms with Crippen LogP contribution in [0.2, 0.25) is 0 Å². The van der Waals surface area contributed by atoms with Crippen LogP contribution in [0.3, 0.4) is 0 Å². The number of hydrogen-bond acceptors (Lipinski definition) is 4. The van der Waals surface area contributed by atoms with Crippen LogP contribution in [0.1, 0.15) is 135 Å². The van der Waals surface area contributed by atoms with E-state index in [-0.39, 0.29) is 13.2 Å². The van der Waals surface area contributed by atoms with Crippen LogP contribution >= 0.6 is 7.82 Å². The smallest absolute Gasteiger partial charge is 0.268 e. The molecule has 0 fully saturated rings. The monoisotopic (exact) mass is 491 g/mol. The third kappa shape index (κ3) is 28.2. The Morgan fingerprint density at radius 1 is 0.545 bits per heavy atom. The summed E-state index contributed by atoms with van der Waals surface area (Å²) in [6.45, 7) is 3.33. The Kier molecular flexibility index (Phi) is 22.6. The molecule has 5 nitrogen and oxygen atoms in total. The van der Waals surface area contributed by atoms with Gasteiger partial charge in [-0.2, -0.15) is 0 Å². The van der Waals surface area contributed by atoms with Crippen LogP contribution in [0.5, 0.6) is 0 Å². The van der Waals surface area contributed by atoms with E-state index in [0.29, 0.717) is 11.0 Å². The lowest BCUT2D eigenvalue weighted by Gasteiger charge is -2.27. The fraction of sp³-hybridized carbons (Fsp3) is 1.00. The normalized spacial score (nSPS) is 14.0. The van der Waals surface area contributed by atoms with Gasteiger partial charge in [-0.05, 0) is 6.42 Å². The molecule has 0 aliphatic rings. The lowest BCUT2D eigenvalue weighted by molar-refractivity contribution is -0.870. The molecule has 0 aliphatic carbocycles. The number of phosphoric ester groups is 1. The number of likely N-dealkylation sites (N-methyl/N-ethyl adjacent to an activating group) is 1. The number of nitrogens with zero attached hydrogens (tertiary/aromatic N) is 1. The minimum Gasteiger partial charge on any atom is -0.756 e. The first kappa shape index (κ1) is 33.1. The van der Waals surface area contributed by atoms with E-state index in [1.54, 1.807) is 0 Å². The van der Waals surface area contributed by atoms with Gasteiger partial charge in [0, 0.05) is 0 Å². The highest BCUT2D eigenvalue weighted by atomic mass is 31.2. The third-order valence-electron chi connectivity index (χ3n) is 6.26. The number of unbranched alkanes of at least 4 members (excludes halogenated alkanes) is 19. The summed E-state index contributed by atoms with van der Waals surface area (Å²) in [4.78, 5) is 11.7. The van der Waals surface area contributed by atoms with Gasteiger partial charge in [-0.25, -0.2) is 0 Å². The molecule has 0 spiro atoms. The number of rotatable bonds is 26. The summed E-state index contributed by atoms with van der Waals surface area (Å²) in [6, 6.07) is 0. The maximum absolute atomic E-state index is 11.7. The molecule has 33 heavy (non-hydrogen) atoms. The number of phosphoric acid groups is 1. The predicted octanol–water partition coefficient (Wildman–Crippen LogP) is 8.02. The molecule has 0 saturated heterocycles. The average molecular weight is 492 g/mol. The fourth-order valence-corrected chi connectivity index (χ4v) is 4.73. The zero-order valence-corrected chi connectivity index (χ0v) is 23.7. The molecule has 1 unspecified atom stereocenters. The van der Waals surface area contributed by atoms with E-state index >= 15 is 0 Å². The quantitative estimate of drug-likeness (QED) is 0.0698. The van der Waals surface area contributed by atoms with Crippen molar-refractivity contribution >= 4 is 7.82 Å². The number of hydrogen-bond donors (Lipinski definition) is 0. The van der Waals surface area contributed by atoms with Crippen LogP contribution in [-0.2, 0) is 13.6 Å². The maximum Gasteiger partial charge on any atom is 0.268 e. The molecule has 6 heteroatoms. The Morgan fingerprint density at radius 3 is 1.18 bits per heavy atom. The SMILES string of the molecule is CCCCCCCCCCCCCCCCCCCCCCOP(=O)([O-])OCC[N+](C)(C)C. The first-order valence-corrected chi connectivity index (χ1v) is 15.6. The van der Waals surface area contributed by atoms with Crippen LogP contribution in [0.15, 0.2) is 0 Å². The molecule has 0 rings (SSSR count). The van der Waals surface area contributed by atoms with E-state index in [4.69, 9.17) is 9.05 Å². The highest BCUT2D eigenvalue weighted by molar-refractivity contribution is 7.45. The second-order valence-electron chi connectivity index (χ2n) is 10.8. The third-order valence-corrected chi connectivity index (χ3v) is 7.26. The predicted molar refractivity (Wildman–Crippen MR) is 140 cm³/mol. The standard InChI is InChI=1S/C27H58NO4P/c1-5-6-7-8-9-10-11-12-13-14-15-16-17-18-19-20-21-22-23-24-26-31-33(29,30)32-27-25-28(2,3)4/h5-27H2,1-4H3. The van der Waals surface area contributed by atoms with Crippen molar-refractivity contribution in [2.24, 2.45) is 0 Å². The first-order valence-electron chi connectivity index (χ1n) is 14.2. The summed E-state index contributed by atoms with van der Waals surface area (Å²) in [5, 5.41) is 0. The van der Waals surface area contributed by atoms with Crippen molar-refractivity contribution < 1.29 is 23.0 Å². The van der Waals surface area contributed by atoms with Gasteiger partial charge in [0.05, 0.1) is 27.7 Å². The molecule has 0 bridgehead atoms. The van der Waals surface area contributed by atoms with Gasteiger partial charge in [-0.15, -0.1) is 0 Å². The molecule has 0 radical (unpaired) electrons. The van der Waals surface area contributed by atoms with Gasteiger partial charge in [-0.1, -0.05) is 129 Å². The van der Waals surface area contributed by atoms with Crippen molar-refractivity contribution in [3.8, 4) is 0 Å². The highest BCUT2D eigenvalue weighted by Crippen LogP contribution is 2.38. The lowest BCUT2D eigenvalue weighted by Crippen LogP contribution is -2.37. The van der Waals surface area contributed by atoms with Crippen molar-refractivity contribution in [2.45, 2.75) is 135 Å². The van der Waals surface area contributed by atoms with Crippen molar-refractivity contribution in [3.05, 3.63) is 0 Å². The number of quaternary nitrogens is 1. The fourth-order valence-electron chi connectivity index (χ4n) is 4.00.